The van der Waals surface area contributed by atoms with E-state index in [1.807, 2.05) is 19.1 Å². The summed E-state index contributed by atoms with van der Waals surface area (Å²) >= 11 is 6.09. The van der Waals surface area contributed by atoms with Gasteiger partial charge in [-0.3, -0.25) is 10.1 Å². The Labute approximate surface area is 127 Å². The Kier molecular flexibility index (Phi) is 4.65. The molecule has 0 radical (unpaired) electrons. The van der Waals surface area contributed by atoms with Gasteiger partial charge in [-0.1, -0.05) is 30.7 Å². The number of hydrogen-bond acceptors (Lipinski definition) is 4. The number of hydrogen-bond donors (Lipinski definition) is 2. The van der Waals surface area contributed by atoms with Crippen molar-refractivity contribution in [2.75, 3.05) is 5.32 Å². The molecule has 0 aliphatic carbocycles. The van der Waals surface area contributed by atoms with Crippen LogP contribution in [-0.4, -0.2) is 10.0 Å². The van der Waals surface area contributed by atoms with E-state index in [0.29, 0.717) is 10.7 Å². The van der Waals surface area contributed by atoms with Crippen LogP contribution in [-0.2, 0) is 0 Å². The lowest BCUT2D eigenvalue weighted by molar-refractivity contribution is -0.384. The van der Waals surface area contributed by atoms with Gasteiger partial charge in [-0.15, -0.1) is 0 Å². The molecular formula is C15H15ClN2O3. The number of halogens is 1. The van der Waals surface area contributed by atoms with Gasteiger partial charge in [0.1, 0.15) is 5.75 Å². The molecule has 21 heavy (non-hydrogen) atoms. The lowest BCUT2D eigenvalue weighted by Crippen LogP contribution is -2.10. The molecule has 6 heteroatoms. The third-order valence-corrected chi connectivity index (χ3v) is 3.52. The van der Waals surface area contributed by atoms with Gasteiger partial charge >= 0.3 is 0 Å². The molecule has 0 amide bonds. The first-order valence-corrected chi connectivity index (χ1v) is 6.88. The Balaban J connectivity index is 2.28. The second-order valence-corrected chi connectivity index (χ2v) is 5.03. The smallest absolute Gasteiger partial charge is 0.271 e. The molecule has 2 aromatic rings. The SMILES string of the molecule is CCC(Nc1cc([N+](=O)[O-])ccc1Cl)c1ccc(O)cc1. The van der Waals surface area contributed by atoms with Crippen molar-refractivity contribution >= 4 is 23.0 Å². The summed E-state index contributed by atoms with van der Waals surface area (Å²) in [5, 5.41) is 23.8. The summed E-state index contributed by atoms with van der Waals surface area (Å²) in [4.78, 5) is 10.4. The molecule has 0 aromatic heterocycles. The maximum Gasteiger partial charge on any atom is 0.271 e. The van der Waals surface area contributed by atoms with E-state index in [-0.39, 0.29) is 17.5 Å². The molecular weight excluding hydrogens is 292 g/mol. The van der Waals surface area contributed by atoms with E-state index < -0.39 is 4.92 Å². The molecule has 1 atom stereocenters. The van der Waals surface area contributed by atoms with E-state index in [4.69, 9.17) is 11.6 Å². The summed E-state index contributed by atoms with van der Waals surface area (Å²) in [7, 11) is 0. The Bertz CT molecular complexity index is 644. The van der Waals surface area contributed by atoms with Crippen molar-refractivity contribution in [1.82, 2.24) is 0 Å². The summed E-state index contributed by atoms with van der Waals surface area (Å²) in [6, 6.07) is 11.1. The number of nitrogens with one attached hydrogen (secondary N) is 1. The van der Waals surface area contributed by atoms with Crippen LogP contribution in [0.3, 0.4) is 0 Å². The topological polar surface area (TPSA) is 75.4 Å². The van der Waals surface area contributed by atoms with Crippen molar-refractivity contribution < 1.29 is 10.0 Å². The predicted molar refractivity (Wildman–Crippen MR) is 82.9 cm³/mol. The Morgan fingerprint density at radius 3 is 2.52 bits per heavy atom. The molecule has 1 unspecified atom stereocenters. The quantitative estimate of drug-likeness (QED) is 0.629. The summed E-state index contributed by atoms with van der Waals surface area (Å²) in [6.45, 7) is 2.00. The second kappa shape index (κ2) is 6.45. The van der Waals surface area contributed by atoms with Crippen molar-refractivity contribution in [2.45, 2.75) is 19.4 Å². The van der Waals surface area contributed by atoms with Crippen molar-refractivity contribution in [3.63, 3.8) is 0 Å². The van der Waals surface area contributed by atoms with Crippen LogP contribution in [0.5, 0.6) is 5.75 Å². The summed E-state index contributed by atoms with van der Waals surface area (Å²) in [6.07, 6.45) is 0.768. The molecule has 0 heterocycles. The fourth-order valence-electron chi connectivity index (χ4n) is 2.05. The third kappa shape index (κ3) is 3.64. The van der Waals surface area contributed by atoms with Gasteiger partial charge in [-0.2, -0.15) is 0 Å². The molecule has 0 bridgehead atoms. The van der Waals surface area contributed by atoms with Gasteiger partial charge in [-0.05, 0) is 30.2 Å². The lowest BCUT2D eigenvalue weighted by atomic mass is 10.0. The van der Waals surface area contributed by atoms with Crippen molar-refractivity contribution in [1.29, 1.82) is 0 Å². The highest BCUT2D eigenvalue weighted by Crippen LogP contribution is 2.31. The van der Waals surface area contributed by atoms with Crippen LogP contribution >= 0.6 is 11.6 Å². The molecule has 0 saturated carbocycles. The Hall–Kier alpha value is -2.27. The maximum absolute atomic E-state index is 10.8. The molecule has 0 aliphatic rings. The van der Waals surface area contributed by atoms with Gasteiger partial charge in [0, 0.05) is 12.1 Å². The number of nitrogens with zero attached hydrogens (tertiary/aromatic N) is 1. The zero-order valence-corrected chi connectivity index (χ0v) is 12.2. The number of aromatic hydroxyl groups is 1. The summed E-state index contributed by atoms with van der Waals surface area (Å²) in [5.41, 5.74) is 1.48. The monoisotopic (exact) mass is 306 g/mol. The van der Waals surface area contributed by atoms with Gasteiger partial charge in [0.25, 0.3) is 5.69 Å². The summed E-state index contributed by atoms with van der Waals surface area (Å²) in [5.74, 6) is 0.196. The standard InChI is InChI=1S/C15H15ClN2O3/c1-2-14(10-3-6-12(19)7-4-10)17-15-9-11(18(20)21)5-8-13(15)16/h3-9,14,17,19H,2H2,1H3. The number of phenolic OH excluding ortho intramolecular Hbond substituents is 1. The molecule has 0 saturated heterocycles. The molecule has 0 aliphatic heterocycles. The minimum Gasteiger partial charge on any atom is -0.508 e. The number of nitro groups is 1. The highest BCUT2D eigenvalue weighted by atomic mass is 35.5. The molecule has 0 spiro atoms. The van der Waals surface area contributed by atoms with Gasteiger partial charge in [0.15, 0.2) is 0 Å². The van der Waals surface area contributed by atoms with Gasteiger partial charge in [0.05, 0.1) is 21.7 Å². The number of phenols is 1. The summed E-state index contributed by atoms with van der Waals surface area (Å²) < 4.78 is 0. The second-order valence-electron chi connectivity index (χ2n) is 4.62. The van der Waals surface area contributed by atoms with Crippen molar-refractivity contribution in [2.24, 2.45) is 0 Å². The van der Waals surface area contributed by atoms with E-state index in [0.717, 1.165) is 12.0 Å². The molecule has 2 aromatic carbocycles. The Morgan fingerprint density at radius 2 is 1.95 bits per heavy atom. The first-order valence-electron chi connectivity index (χ1n) is 6.50. The number of nitro benzene ring substituents is 1. The highest BCUT2D eigenvalue weighted by Gasteiger charge is 2.14. The molecule has 5 nitrogen and oxygen atoms in total. The number of rotatable bonds is 5. The van der Waals surface area contributed by atoms with Crippen molar-refractivity contribution in [3.8, 4) is 5.75 Å². The number of benzene rings is 2. The van der Waals surface area contributed by atoms with Crippen LogP contribution in [0.2, 0.25) is 5.02 Å². The molecule has 110 valence electrons. The van der Waals surface area contributed by atoms with E-state index in [9.17, 15) is 15.2 Å². The first kappa shape index (κ1) is 15.1. The average molecular weight is 307 g/mol. The zero-order chi connectivity index (χ0) is 15.4. The van der Waals surface area contributed by atoms with Crippen LogP contribution in [0.4, 0.5) is 11.4 Å². The van der Waals surface area contributed by atoms with Gasteiger partial charge < -0.3 is 10.4 Å². The van der Waals surface area contributed by atoms with Gasteiger partial charge in [-0.25, -0.2) is 0 Å². The van der Waals surface area contributed by atoms with Crippen molar-refractivity contribution in [3.05, 3.63) is 63.2 Å². The Morgan fingerprint density at radius 1 is 1.29 bits per heavy atom. The normalized spacial score (nSPS) is 11.9. The van der Waals surface area contributed by atoms with Crippen LogP contribution in [0, 0.1) is 10.1 Å². The predicted octanol–water partition coefficient (Wildman–Crippen LogP) is 4.52. The zero-order valence-electron chi connectivity index (χ0n) is 11.4. The van der Waals surface area contributed by atoms with Crippen LogP contribution in [0.25, 0.3) is 0 Å². The van der Waals surface area contributed by atoms with E-state index in [1.165, 1.54) is 18.2 Å². The minimum atomic E-state index is -0.455. The highest BCUT2D eigenvalue weighted by molar-refractivity contribution is 6.33. The molecule has 2 rings (SSSR count). The van der Waals surface area contributed by atoms with Crippen LogP contribution < -0.4 is 5.32 Å². The lowest BCUT2D eigenvalue weighted by Gasteiger charge is -2.19. The maximum atomic E-state index is 10.8. The number of non-ortho nitro benzene ring substituents is 1. The van der Waals surface area contributed by atoms with Crippen LogP contribution in [0.15, 0.2) is 42.5 Å². The third-order valence-electron chi connectivity index (χ3n) is 3.19. The number of anilines is 1. The fraction of sp³-hybridized carbons (Fsp3) is 0.200. The fourth-order valence-corrected chi connectivity index (χ4v) is 2.22. The molecule has 0 fully saturated rings. The van der Waals surface area contributed by atoms with E-state index >= 15 is 0 Å². The average Bonchev–Trinajstić information content (AvgIpc) is 2.47. The first-order chi connectivity index (χ1) is 10.0. The van der Waals surface area contributed by atoms with Crippen LogP contribution in [0.1, 0.15) is 24.9 Å². The molecule has 2 N–H and O–H groups in total. The largest absolute Gasteiger partial charge is 0.508 e. The van der Waals surface area contributed by atoms with E-state index in [1.54, 1.807) is 12.1 Å². The van der Waals surface area contributed by atoms with E-state index in [2.05, 4.69) is 5.32 Å². The minimum absolute atomic E-state index is 0.0116. The van der Waals surface area contributed by atoms with Gasteiger partial charge in [0.2, 0.25) is 0 Å².